The maximum Gasteiger partial charge on any atom is 0.269 e. The Bertz CT molecular complexity index is 1010. The first-order valence-corrected chi connectivity index (χ1v) is 10.8. The molecule has 0 aromatic heterocycles. The lowest BCUT2D eigenvalue weighted by Gasteiger charge is -2.19. The average molecular weight is 408 g/mol. The summed E-state index contributed by atoms with van der Waals surface area (Å²) in [6.07, 6.45) is 1.74. The minimum atomic E-state index is -0.00920. The minimum Gasteiger partial charge on any atom is -0.334 e. The highest BCUT2D eigenvalue weighted by Crippen LogP contribution is 2.50. The molecule has 0 N–H and O–H groups in total. The molecule has 0 radical (unpaired) electrons. The van der Waals surface area contributed by atoms with Crippen molar-refractivity contribution in [3.05, 3.63) is 76.7 Å². The molecular formula is C22H21N3OS2. The van der Waals surface area contributed by atoms with Gasteiger partial charge in [-0.1, -0.05) is 42.1 Å². The van der Waals surface area contributed by atoms with Gasteiger partial charge < -0.3 is 4.90 Å². The number of hydrogen-bond donors (Lipinski definition) is 0. The number of anilines is 1. The third-order valence-corrected chi connectivity index (χ3v) is 6.90. The van der Waals surface area contributed by atoms with Gasteiger partial charge >= 0.3 is 0 Å². The van der Waals surface area contributed by atoms with E-state index in [4.69, 9.17) is 4.99 Å². The summed E-state index contributed by atoms with van der Waals surface area (Å²) in [4.78, 5) is 23.8. The molecule has 28 heavy (non-hydrogen) atoms. The fourth-order valence-electron chi connectivity index (χ4n) is 3.23. The number of carbonyl (C=O) groups excluding carboxylic acids is 1. The van der Waals surface area contributed by atoms with Crippen LogP contribution in [-0.2, 0) is 4.79 Å². The van der Waals surface area contributed by atoms with Crippen molar-refractivity contribution in [1.29, 1.82) is 0 Å². The number of benzene rings is 2. The van der Waals surface area contributed by atoms with Gasteiger partial charge in [0.25, 0.3) is 5.91 Å². The highest BCUT2D eigenvalue weighted by atomic mass is 32.2. The molecule has 0 bridgehead atoms. The van der Waals surface area contributed by atoms with E-state index >= 15 is 0 Å². The van der Waals surface area contributed by atoms with E-state index in [1.165, 1.54) is 16.7 Å². The largest absolute Gasteiger partial charge is 0.334 e. The fraction of sp³-hybridized carbons (Fsp3) is 0.182. The molecule has 2 aromatic rings. The van der Waals surface area contributed by atoms with Gasteiger partial charge in [-0.15, -0.1) is 6.58 Å². The van der Waals surface area contributed by atoms with Gasteiger partial charge in [-0.05, 0) is 55.4 Å². The quantitative estimate of drug-likeness (QED) is 0.492. The van der Waals surface area contributed by atoms with Gasteiger partial charge in [0.15, 0.2) is 5.17 Å². The molecule has 1 amide bonds. The molecule has 4 nitrogen and oxygen atoms in total. The lowest BCUT2D eigenvalue weighted by atomic mass is 10.2. The lowest BCUT2D eigenvalue weighted by molar-refractivity contribution is -0.121. The zero-order valence-corrected chi connectivity index (χ0v) is 17.5. The second kappa shape index (κ2) is 7.89. The first-order chi connectivity index (χ1) is 13.6. The number of aliphatic imine (C=N–C) groups is 1. The van der Waals surface area contributed by atoms with Crippen LogP contribution in [0.25, 0.3) is 0 Å². The number of fused-ring (bicyclic) bond motifs is 1. The number of hydrogen-bond acceptors (Lipinski definition) is 5. The van der Waals surface area contributed by atoms with Crippen molar-refractivity contribution in [2.45, 2.75) is 18.7 Å². The zero-order chi connectivity index (χ0) is 19.7. The van der Waals surface area contributed by atoms with Gasteiger partial charge in [-0.2, -0.15) is 0 Å². The number of thioether (sulfide) groups is 2. The zero-order valence-electron chi connectivity index (χ0n) is 15.9. The number of para-hydroxylation sites is 1. The lowest BCUT2D eigenvalue weighted by Crippen LogP contribution is -2.30. The number of nitrogens with zero attached hydrogens (tertiary/aromatic N) is 3. The fourth-order valence-corrected chi connectivity index (χ4v) is 5.64. The molecular weight excluding hydrogens is 386 g/mol. The number of rotatable bonds is 4. The Morgan fingerprint density at radius 3 is 2.68 bits per heavy atom. The summed E-state index contributed by atoms with van der Waals surface area (Å²) >= 11 is 3.11. The Morgan fingerprint density at radius 2 is 1.93 bits per heavy atom. The predicted octanol–water partition coefficient (Wildman–Crippen LogP) is 5.55. The Labute approximate surface area is 174 Å². The standard InChI is InChI=1S/C22H21N3OS2/c1-4-13-25-20(26)19(28-22(25)23-16-10-8-9-15(3)14-16)21-24(5-2)17-11-6-7-12-18(17)27-21/h4,6-12,14H,1,5,13H2,2-3H3. The monoisotopic (exact) mass is 407 g/mol. The van der Waals surface area contributed by atoms with E-state index in [9.17, 15) is 4.79 Å². The summed E-state index contributed by atoms with van der Waals surface area (Å²) in [6, 6.07) is 16.3. The number of carbonyl (C=O) groups is 1. The topological polar surface area (TPSA) is 35.9 Å². The van der Waals surface area contributed by atoms with Crippen molar-refractivity contribution in [2.24, 2.45) is 4.99 Å². The third-order valence-electron chi connectivity index (χ3n) is 4.52. The Balaban J connectivity index is 1.76. The molecule has 0 unspecified atom stereocenters. The highest BCUT2D eigenvalue weighted by molar-refractivity contribution is 8.19. The number of amides is 1. The molecule has 2 heterocycles. The first-order valence-electron chi connectivity index (χ1n) is 9.17. The molecule has 6 heteroatoms. The van der Waals surface area contributed by atoms with E-state index in [1.54, 1.807) is 22.7 Å². The molecule has 2 aliphatic rings. The van der Waals surface area contributed by atoms with Gasteiger partial charge in [0.05, 0.1) is 11.4 Å². The van der Waals surface area contributed by atoms with Crippen LogP contribution in [0.15, 0.2) is 81.0 Å². The molecule has 0 saturated carbocycles. The Kier molecular flexibility index (Phi) is 5.33. The van der Waals surface area contributed by atoms with E-state index in [2.05, 4.69) is 30.5 Å². The van der Waals surface area contributed by atoms with Crippen LogP contribution in [0.4, 0.5) is 11.4 Å². The van der Waals surface area contributed by atoms with E-state index in [-0.39, 0.29) is 5.91 Å². The van der Waals surface area contributed by atoms with E-state index in [0.717, 1.165) is 33.4 Å². The van der Waals surface area contributed by atoms with Gasteiger partial charge in [0, 0.05) is 18.0 Å². The first kappa shape index (κ1) is 18.9. The summed E-state index contributed by atoms with van der Waals surface area (Å²) < 4.78 is 0. The summed E-state index contributed by atoms with van der Waals surface area (Å²) in [5.74, 6) is -0.00920. The minimum absolute atomic E-state index is 0.00920. The van der Waals surface area contributed by atoms with Crippen molar-refractivity contribution < 1.29 is 4.79 Å². The predicted molar refractivity (Wildman–Crippen MR) is 120 cm³/mol. The van der Waals surface area contributed by atoms with Crippen molar-refractivity contribution >= 4 is 46.0 Å². The second-order valence-electron chi connectivity index (χ2n) is 6.49. The summed E-state index contributed by atoms with van der Waals surface area (Å²) in [5.41, 5.74) is 3.15. The molecule has 0 spiro atoms. The van der Waals surface area contributed by atoms with Crippen LogP contribution in [0.1, 0.15) is 12.5 Å². The molecule has 2 aliphatic heterocycles. The Morgan fingerprint density at radius 1 is 1.11 bits per heavy atom. The van der Waals surface area contributed by atoms with Gasteiger partial charge in [-0.25, -0.2) is 4.99 Å². The maximum absolute atomic E-state index is 13.2. The summed E-state index contributed by atoms with van der Waals surface area (Å²) in [7, 11) is 0. The highest BCUT2D eigenvalue weighted by Gasteiger charge is 2.39. The van der Waals surface area contributed by atoms with Crippen LogP contribution in [0.2, 0.25) is 0 Å². The van der Waals surface area contributed by atoms with Crippen LogP contribution in [0.5, 0.6) is 0 Å². The van der Waals surface area contributed by atoms with Crippen molar-refractivity contribution in [3.8, 4) is 0 Å². The van der Waals surface area contributed by atoms with Crippen LogP contribution >= 0.6 is 23.5 Å². The molecule has 2 aromatic carbocycles. The molecule has 0 atom stereocenters. The van der Waals surface area contributed by atoms with E-state index < -0.39 is 0 Å². The summed E-state index contributed by atoms with van der Waals surface area (Å²) in [5, 5.41) is 1.69. The van der Waals surface area contributed by atoms with Crippen molar-refractivity contribution in [1.82, 2.24) is 4.90 Å². The number of amidine groups is 1. The third kappa shape index (κ3) is 3.38. The second-order valence-corrected chi connectivity index (χ2v) is 8.50. The van der Waals surface area contributed by atoms with Crippen LogP contribution < -0.4 is 4.90 Å². The van der Waals surface area contributed by atoms with Crippen molar-refractivity contribution in [3.63, 3.8) is 0 Å². The van der Waals surface area contributed by atoms with Gasteiger partial charge in [0.1, 0.15) is 9.93 Å². The SMILES string of the molecule is C=CCN1C(=O)C(=C2Sc3ccccc3N2CC)SC1=Nc1cccc(C)c1. The molecule has 142 valence electrons. The molecule has 0 aliphatic carbocycles. The average Bonchev–Trinajstić information content (AvgIpc) is 3.20. The van der Waals surface area contributed by atoms with Crippen LogP contribution in [0, 0.1) is 6.92 Å². The van der Waals surface area contributed by atoms with Gasteiger partial charge in [0.2, 0.25) is 0 Å². The molecule has 1 fully saturated rings. The van der Waals surface area contributed by atoms with Crippen LogP contribution in [0.3, 0.4) is 0 Å². The molecule has 1 saturated heterocycles. The summed E-state index contributed by atoms with van der Waals surface area (Å²) in [6.45, 7) is 9.21. The van der Waals surface area contributed by atoms with E-state index in [1.807, 2.05) is 43.3 Å². The van der Waals surface area contributed by atoms with E-state index in [0.29, 0.717) is 11.7 Å². The normalized spacial score (nSPS) is 20.2. The molecule has 4 rings (SSSR count). The van der Waals surface area contributed by atoms with Gasteiger partial charge in [-0.3, -0.25) is 9.69 Å². The number of aryl methyl sites for hydroxylation is 1. The smallest absolute Gasteiger partial charge is 0.269 e. The van der Waals surface area contributed by atoms with Crippen molar-refractivity contribution in [2.75, 3.05) is 18.0 Å². The van der Waals surface area contributed by atoms with Crippen LogP contribution in [-0.4, -0.2) is 29.1 Å². The Hall–Kier alpha value is -2.44. The maximum atomic E-state index is 13.2.